The van der Waals surface area contributed by atoms with Gasteiger partial charge in [-0.25, -0.2) is 0 Å². The third kappa shape index (κ3) is 3.31. The Morgan fingerprint density at radius 3 is 2.20 bits per heavy atom. The lowest BCUT2D eigenvalue weighted by Crippen LogP contribution is -2.41. The van der Waals surface area contributed by atoms with Crippen molar-refractivity contribution in [1.29, 1.82) is 0 Å². The second kappa shape index (κ2) is 6.47. The van der Waals surface area contributed by atoms with Gasteiger partial charge in [0.1, 0.15) is 0 Å². The number of fused-ring (bicyclic) bond motifs is 1. The van der Waals surface area contributed by atoms with Crippen LogP contribution in [-0.2, 0) is 25.3 Å². The molecule has 1 aliphatic rings. The summed E-state index contributed by atoms with van der Waals surface area (Å²) in [5.41, 5.74) is 1.17. The Balaban J connectivity index is 2.01. The highest BCUT2D eigenvalue weighted by Gasteiger charge is 2.52. The highest BCUT2D eigenvalue weighted by atomic mass is 16.7. The molecule has 2 aromatic carbocycles. The van der Waals surface area contributed by atoms with Crippen molar-refractivity contribution in [3.05, 3.63) is 42.0 Å². The van der Waals surface area contributed by atoms with Crippen molar-refractivity contribution < 1.29 is 18.8 Å². The number of hydrogen-bond donors (Lipinski definition) is 0. The van der Waals surface area contributed by atoms with E-state index in [-0.39, 0.29) is 23.6 Å². The smallest absolute Gasteiger partial charge is 0.466 e. The van der Waals surface area contributed by atoms with Crippen LogP contribution in [0.25, 0.3) is 10.8 Å². The van der Waals surface area contributed by atoms with Crippen LogP contribution in [0.1, 0.15) is 40.2 Å². The summed E-state index contributed by atoms with van der Waals surface area (Å²) in [6.07, 6.45) is 0.262. The van der Waals surface area contributed by atoms with Gasteiger partial charge in [-0.3, -0.25) is 4.79 Å². The first-order valence-corrected chi connectivity index (χ1v) is 8.77. The molecule has 1 saturated heterocycles. The molecule has 0 spiro atoms. The zero-order valence-corrected chi connectivity index (χ0v) is 15.6. The van der Waals surface area contributed by atoms with E-state index in [9.17, 15) is 4.79 Å². The average Bonchev–Trinajstić information content (AvgIpc) is 2.75. The van der Waals surface area contributed by atoms with E-state index in [0.29, 0.717) is 6.61 Å². The molecule has 5 heteroatoms. The number of carbonyl (C=O) groups excluding carboxylic acids is 1. The average molecular weight is 340 g/mol. The van der Waals surface area contributed by atoms with Crippen molar-refractivity contribution in [3.8, 4) is 0 Å². The van der Waals surface area contributed by atoms with Crippen molar-refractivity contribution in [1.82, 2.24) is 0 Å². The molecule has 2 aromatic rings. The molecule has 1 aliphatic heterocycles. The molecule has 0 saturated carbocycles. The fourth-order valence-corrected chi connectivity index (χ4v) is 3.08. The Labute approximate surface area is 149 Å². The summed E-state index contributed by atoms with van der Waals surface area (Å²) in [7, 11) is -0.424. The third-order valence-electron chi connectivity index (χ3n) is 5.20. The minimum atomic E-state index is -0.424. The van der Waals surface area contributed by atoms with E-state index < -0.39 is 7.12 Å². The van der Waals surface area contributed by atoms with Crippen LogP contribution in [0.5, 0.6) is 0 Å². The van der Waals surface area contributed by atoms with Crippen LogP contribution in [0.2, 0.25) is 0 Å². The van der Waals surface area contributed by atoms with Gasteiger partial charge in [0.05, 0.1) is 24.2 Å². The van der Waals surface area contributed by atoms with E-state index in [4.69, 9.17) is 14.0 Å². The Hall–Kier alpha value is -1.85. The first-order chi connectivity index (χ1) is 11.7. The molecule has 1 heterocycles. The Kier molecular flexibility index (Phi) is 4.65. The Morgan fingerprint density at radius 2 is 1.60 bits per heavy atom. The summed E-state index contributed by atoms with van der Waals surface area (Å²) in [6.45, 7) is 10.4. The second-order valence-corrected chi connectivity index (χ2v) is 7.43. The number of esters is 1. The molecule has 0 N–H and O–H groups in total. The van der Waals surface area contributed by atoms with Crippen molar-refractivity contribution in [2.45, 2.75) is 52.2 Å². The molecule has 0 amide bonds. The van der Waals surface area contributed by atoms with Crippen LogP contribution in [0.4, 0.5) is 0 Å². The van der Waals surface area contributed by atoms with Crippen molar-refractivity contribution >= 4 is 29.3 Å². The van der Waals surface area contributed by atoms with Gasteiger partial charge >= 0.3 is 13.1 Å². The van der Waals surface area contributed by atoms with Crippen molar-refractivity contribution in [3.63, 3.8) is 0 Å². The number of ether oxygens (including phenoxy) is 1. The van der Waals surface area contributed by atoms with E-state index in [2.05, 4.69) is 0 Å². The van der Waals surface area contributed by atoms with Gasteiger partial charge in [0, 0.05) is 0 Å². The van der Waals surface area contributed by atoms with Crippen molar-refractivity contribution in [2.24, 2.45) is 0 Å². The summed E-state index contributed by atoms with van der Waals surface area (Å²) in [6, 6.07) is 12.0. The predicted molar refractivity (Wildman–Crippen MR) is 100 cm³/mol. The van der Waals surface area contributed by atoms with Crippen LogP contribution < -0.4 is 5.46 Å². The van der Waals surface area contributed by atoms with Gasteiger partial charge in [-0.1, -0.05) is 36.4 Å². The number of hydrogen-bond acceptors (Lipinski definition) is 4. The second-order valence-electron chi connectivity index (χ2n) is 7.43. The lowest BCUT2D eigenvalue weighted by Gasteiger charge is -2.32. The normalized spacial score (nSPS) is 18.5. The summed E-state index contributed by atoms with van der Waals surface area (Å²) >= 11 is 0. The van der Waals surface area contributed by atoms with E-state index in [1.807, 2.05) is 71.0 Å². The van der Waals surface area contributed by atoms with Crippen LogP contribution in [0.3, 0.4) is 0 Å². The summed E-state index contributed by atoms with van der Waals surface area (Å²) in [5.74, 6) is -0.212. The summed E-state index contributed by atoms with van der Waals surface area (Å²) in [5, 5.41) is 2.07. The number of benzene rings is 2. The quantitative estimate of drug-likeness (QED) is 0.633. The topological polar surface area (TPSA) is 44.8 Å². The molecule has 25 heavy (non-hydrogen) atoms. The van der Waals surface area contributed by atoms with Gasteiger partial charge in [-0.15, -0.1) is 0 Å². The maximum atomic E-state index is 11.9. The highest BCUT2D eigenvalue weighted by molar-refractivity contribution is 6.65. The minimum absolute atomic E-state index is 0.212. The zero-order chi connectivity index (χ0) is 18.2. The van der Waals surface area contributed by atoms with Crippen molar-refractivity contribution in [2.75, 3.05) is 6.61 Å². The first-order valence-electron chi connectivity index (χ1n) is 8.77. The number of rotatable bonds is 4. The SMILES string of the molecule is CCOC(=O)Cc1ccc(B2OC(C)(C)C(C)(C)O2)c2ccccc12. The lowest BCUT2D eigenvalue weighted by atomic mass is 9.75. The van der Waals surface area contributed by atoms with Gasteiger partial charge in [-0.2, -0.15) is 0 Å². The molecule has 0 aromatic heterocycles. The van der Waals surface area contributed by atoms with E-state index in [1.54, 1.807) is 0 Å². The van der Waals surface area contributed by atoms with E-state index in [0.717, 1.165) is 21.8 Å². The van der Waals surface area contributed by atoms with E-state index in [1.165, 1.54) is 0 Å². The summed E-state index contributed by atoms with van der Waals surface area (Å²) < 4.78 is 17.5. The van der Waals surface area contributed by atoms with Crippen LogP contribution in [0, 0.1) is 0 Å². The standard InChI is InChI=1S/C20H25BO4/c1-6-23-18(22)13-14-11-12-17(16-10-8-7-9-15(14)16)21-24-19(2,3)20(4,5)25-21/h7-12H,6,13H2,1-5H3. The van der Waals surface area contributed by atoms with E-state index >= 15 is 0 Å². The third-order valence-corrected chi connectivity index (χ3v) is 5.20. The Morgan fingerprint density at radius 1 is 1.00 bits per heavy atom. The maximum absolute atomic E-state index is 11.9. The molecule has 1 fully saturated rings. The fraction of sp³-hybridized carbons (Fsp3) is 0.450. The van der Waals surface area contributed by atoms with Crippen LogP contribution >= 0.6 is 0 Å². The largest absolute Gasteiger partial charge is 0.495 e. The lowest BCUT2D eigenvalue weighted by molar-refractivity contribution is -0.142. The first kappa shape index (κ1) is 18.0. The highest BCUT2D eigenvalue weighted by Crippen LogP contribution is 2.37. The fourth-order valence-electron chi connectivity index (χ4n) is 3.08. The van der Waals surface area contributed by atoms with Gasteiger partial charge in [-0.05, 0) is 56.4 Å². The molecular formula is C20H25BO4. The summed E-state index contributed by atoms with van der Waals surface area (Å²) in [4.78, 5) is 11.9. The molecule has 0 unspecified atom stereocenters. The minimum Gasteiger partial charge on any atom is -0.466 e. The molecule has 3 rings (SSSR count). The van der Waals surface area contributed by atoms with Crippen LogP contribution in [-0.4, -0.2) is 30.9 Å². The molecule has 0 bridgehead atoms. The monoisotopic (exact) mass is 340 g/mol. The molecule has 0 radical (unpaired) electrons. The molecule has 0 aliphatic carbocycles. The molecule has 4 nitrogen and oxygen atoms in total. The van der Waals surface area contributed by atoms with Gasteiger partial charge < -0.3 is 14.0 Å². The molecular weight excluding hydrogens is 315 g/mol. The van der Waals surface area contributed by atoms with Gasteiger partial charge in [0.15, 0.2) is 0 Å². The zero-order valence-electron chi connectivity index (χ0n) is 15.6. The van der Waals surface area contributed by atoms with Crippen LogP contribution in [0.15, 0.2) is 36.4 Å². The maximum Gasteiger partial charge on any atom is 0.495 e. The Bertz CT molecular complexity index is 781. The van der Waals surface area contributed by atoms with Gasteiger partial charge in [0.25, 0.3) is 0 Å². The predicted octanol–water partition coefficient (Wildman–Crippen LogP) is 3.24. The van der Waals surface area contributed by atoms with Gasteiger partial charge in [0.2, 0.25) is 0 Å². The number of carbonyl (C=O) groups is 1. The molecule has 0 atom stereocenters. The molecule has 132 valence electrons.